The van der Waals surface area contributed by atoms with Crippen molar-refractivity contribution in [2.24, 2.45) is 0 Å². The second-order valence-electron chi connectivity index (χ2n) is 4.63. The first-order valence-electron chi connectivity index (χ1n) is 6.63. The molecule has 0 radical (unpaired) electrons. The van der Waals surface area contributed by atoms with Crippen LogP contribution in [-0.4, -0.2) is 39.6 Å². The summed E-state index contributed by atoms with van der Waals surface area (Å²) in [6, 6.07) is 3.62. The number of anilines is 1. The summed E-state index contributed by atoms with van der Waals surface area (Å²) in [6.07, 6.45) is 6.21. The van der Waals surface area contributed by atoms with E-state index in [9.17, 15) is 4.79 Å². The standard InChI is InChI=1S/C14H19N5O/c1-3-6-15-12-4-5-13(16-9-12)14(20)19(2)10-11-7-17-18-8-11/h4-5,7-9,15H,3,6,10H2,1-2H3,(H,17,18). The highest BCUT2D eigenvalue weighted by atomic mass is 16.2. The number of nitrogens with one attached hydrogen (secondary N) is 2. The van der Waals surface area contributed by atoms with Crippen LogP contribution in [0.5, 0.6) is 0 Å². The van der Waals surface area contributed by atoms with E-state index in [0.717, 1.165) is 24.2 Å². The highest BCUT2D eigenvalue weighted by Gasteiger charge is 2.13. The summed E-state index contributed by atoms with van der Waals surface area (Å²) in [5, 5.41) is 9.82. The number of nitrogens with zero attached hydrogens (tertiary/aromatic N) is 3. The van der Waals surface area contributed by atoms with E-state index in [0.29, 0.717) is 12.2 Å². The number of hydrogen-bond donors (Lipinski definition) is 2. The van der Waals surface area contributed by atoms with Gasteiger partial charge in [-0.3, -0.25) is 9.89 Å². The molecule has 0 aliphatic rings. The zero-order valence-electron chi connectivity index (χ0n) is 11.8. The third kappa shape index (κ3) is 3.57. The first-order chi connectivity index (χ1) is 9.70. The molecule has 20 heavy (non-hydrogen) atoms. The fourth-order valence-corrected chi connectivity index (χ4v) is 1.80. The number of carbonyl (C=O) groups excluding carboxylic acids is 1. The zero-order valence-corrected chi connectivity index (χ0v) is 11.8. The summed E-state index contributed by atoms with van der Waals surface area (Å²) < 4.78 is 0. The van der Waals surface area contributed by atoms with E-state index in [-0.39, 0.29) is 5.91 Å². The summed E-state index contributed by atoms with van der Waals surface area (Å²) in [5.74, 6) is -0.103. The smallest absolute Gasteiger partial charge is 0.272 e. The van der Waals surface area contributed by atoms with Crippen molar-refractivity contribution in [2.45, 2.75) is 19.9 Å². The minimum atomic E-state index is -0.103. The van der Waals surface area contributed by atoms with E-state index in [1.165, 1.54) is 0 Å². The van der Waals surface area contributed by atoms with Gasteiger partial charge in [-0.1, -0.05) is 6.92 Å². The summed E-state index contributed by atoms with van der Waals surface area (Å²) in [5.41, 5.74) is 2.33. The second kappa shape index (κ2) is 6.70. The molecule has 6 heteroatoms. The molecule has 6 nitrogen and oxygen atoms in total. The Labute approximate surface area is 118 Å². The molecule has 0 aliphatic heterocycles. The van der Waals surface area contributed by atoms with Crippen LogP contribution in [0, 0.1) is 0 Å². The average Bonchev–Trinajstić information content (AvgIpc) is 2.97. The molecule has 0 saturated carbocycles. The number of hydrogen-bond acceptors (Lipinski definition) is 4. The van der Waals surface area contributed by atoms with Crippen molar-refractivity contribution in [3.05, 3.63) is 42.0 Å². The molecule has 0 bridgehead atoms. The van der Waals surface area contributed by atoms with Crippen molar-refractivity contribution >= 4 is 11.6 Å². The Morgan fingerprint density at radius 1 is 1.40 bits per heavy atom. The molecule has 0 fully saturated rings. The van der Waals surface area contributed by atoms with Crippen LogP contribution in [0.15, 0.2) is 30.7 Å². The first-order valence-corrected chi connectivity index (χ1v) is 6.63. The summed E-state index contributed by atoms with van der Waals surface area (Å²) in [4.78, 5) is 18.0. The Bertz CT molecular complexity index is 535. The summed E-state index contributed by atoms with van der Waals surface area (Å²) in [7, 11) is 1.75. The van der Waals surface area contributed by atoms with Crippen LogP contribution in [0.4, 0.5) is 5.69 Å². The molecule has 0 atom stereocenters. The SMILES string of the molecule is CCCNc1ccc(C(=O)N(C)Cc2cn[nH]c2)nc1. The van der Waals surface area contributed by atoms with Gasteiger partial charge in [0.2, 0.25) is 0 Å². The number of pyridine rings is 1. The Hall–Kier alpha value is -2.37. The lowest BCUT2D eigenvalue weighted by atomic mass is 10.2. The maximum Gasteiger partial charge on any atom is 0.272 e. The van der Waals surface area contributed by atoms with Gasteiger partial charge < -0.3 is 10.2 Å². The molecule has 0 aromatic carbocycles. The van der Waals surface area contributed by atoms with E-state index in [1.807, 2.05) is 6.07 Å². The van der Waals surface area contributed by atoms with Crippen molar-refractivity contribution in [2.75, 3.05) is 18.9 Å². The molecule has 2 rings (SSSR count). The van der Waals surface area contributed by atoms with Gasteiger partial charge in [-0.25, -0.2) is 4.98 Å². The molecular weight excluding hydrogens is 254 g/mol. The minimum Gasteiger partial charge on any atom is -0.384 e. The number of aromatic amines is 1. The quantitative estimate of drug-likeness (QED) is 0.843. The molecule has 0 aliphatic carbocycles. The number of H-pyrrole nitrogens is 1. The predicted molar refractivity (Wildman–Crippen MR) is 77.4 cm³/mol. The van der Waals surface area contributed by atoms with Crippen LogP contribution in [0.1, 0.15) is 29.4 Å². The Morgan fingerprint density at radius 2 is 2.25 bits per heavy atom. The Kier molecular flexibility index (Phi) is 4.70. The van der Waals surface area contributed by atoms with Crippen molar-refractivity contribution in [3.8, 4) is 0 Å². The van der Waals surface area contributed by atoms with Gasteiger partial charge in [0.1, 0.15) is 5.69 Å². The molecule has 2 aromatic rings. The van der Waals surface area contributed by atoms with E-state index >= 15 is 0 Å². The van der Waals surface area contributed by atoms with Crippen molar-refractivity contribution in [1.29, 1.82) is 0 Å². The minimum absolute atomic E-state index is 0.103. The molecular formula is C14H19N5O. The number of rotatable bonds is 6. The summed E-state index contributed by atoms with van der Waals surface area (Å²) in [6.45, 7) is 3.51. The highest BCUT2D eigenvalue weighted by Crippen LogP contribution is 2.09. The van der Waals surface area contributed by atoms with Gasteiger partial charge in [0, 0.05) is 31.9 Å². The van der Waals surface area contributed by atoms with Crippen LogP contribution in [0.25, 0.3) is 0 Å². The Balaban J connectivity index is 1.97. The average molecular weight is 273 g/mol. The normalized spacial score (nSPS) is 10.3. The molecule has 0 unspecified atom stereocenters. The number of aromatic nitrogens is 3. The third-order valence-corrected chi connectivity index (χ3v) is 2.88. The molecule has 2 N–H and O–H groups in total. The van der Waals surface area contributed by atoms with Gasteiger partial charge >= 0.3 is 0 Å². The number of amides is 1. The lowest BCUT2D eigenvalue weighted by molar-refractivity contribution is 0.0779. The van der Waals surface area contributed by atoms with Gasteiger partial charge in [-0.05, 0) is 18.6 Å². The Morgan fingerprint density at radius 3 is 2.85 bits per heavy atom. The molecule has 2 aromatic heterocycles. The van der Waals surface area contributed by atoms with Gasteiger partial charge in [-0.2, -0.15) is 5.10 Å². The lowest BCUT2D eigenvalue weighted by Gasteiger charge is -2.15. The first kappa shape index (κ1) is 14.0. The molecule has 2 heterocycles. The van der Waals surface area contributed by atoms with Gasteiger partial charge in [-0.15, -0.1) is 0 Å². The fraction of sp³-hybridized carbons (Fsp3) is 0.357. The monoisotopic (exact) mass is 273 g/mol. The van der Waals surface area contributed by atoms with E-state index in [1.54, 1.807) is 36.6 Å². The molecule has 0 saturated heterocycles. The van der Waals surface area contributed by atoms with Crippen molar-refractivity contribution in [1.82, 2.24) is 20.1 Å². The third-order valence-electron chi connectivity index (χ3n) is 2.88. The maximum atomic E-state index is 12.2. The fourth-order valence-electron chi connectivity index (χ4n) is 1.80. The topological polar surface area (TPSA) is 73.9 Å². The van der Waals surface area contributed by atoms with Crippen LogP contribution >= 0.6 is 0 Å². The molecule has 1 amide bonds. The zero-order chi connectivity index (χ0) is 14.4. The maximum absolute atomic E-state index is 12.2. The second-order valence-corrected chi connectivity index (χ2v) is 4.63. The lowest BCUT2D eigenvalue weighted by Crippen LogP contribution is -2.26. The van der Waals surface area contributed by atoms with Gasteiger partial charge in [0.15, 0.2) is 0 Å². The van der Waals surface area contributed by atoms with Crippen LogP contribution in [0.2, 0.25) is 0 Å². The van der Waals surface area contributed by atoms with Crippen LogP contribution in [-0.2, 0) is 6.54 Å². The summed E-state index contributed by atoms with van der Waals surface area (Å²) >= 11 is 0. The number of carbonyl (C=O) groups is 1. The predicted octanol–water partition coefficient (Wildman–Crippen LogP) is 1.90. The van der Waals surface area contributed by atoms with E-state index < -0.39 is 0 Å². The van der Waals surface area contributed by atoms with Crippen LogP contribution < -0.4 is 5.32 Å². The van der Waals surface area contributed by atoms with Crippen molar-refractivity contribution in [3.63, 3.8) is 0 Å². The highest BCUT2D eigenvalue weighted by molar-refractivity contribution is 5.92. The van der Waals surface area contributed by atoms with E-state index in [2.05, 4.69) is 27.4 Å². The molecule has 106 valence electrons. The van der Waals surface area contributed by atoms with Gasteiger partial charge in [0.25, 0.3) is 5.91 Å². The van der Waals surface area contributed by atoms with Gasteiger partial charge in [0.05, 0.1) is 18.1 Å². The van der Waals surface area contributed by atoms with E-state index in [4.69, 9.17) is 0 Å². The van der Waals surface area contributed by atoms with Crippen LogP contribution in [0.3, 0.4) is 0 Å². The largest absolute Gasteiger partial charge is 0.384 e. The van der Waals surface area contributed by atoms with Crippen molar-refractivity contribution < 1.29 is 4.79 Å². The molecule has 0 spiro atoms.